The maximum atomic E-state index is 14.4. The monoisotopic (exact) mass is 474 g/mol. The van der Waals surface area contributed by atoms with Crippen molar-refractivity contribution in [3.8, 4) is 28.8 Å². The SMILES string of the molecule is CCOc1ccc(C(C)Nc2cc(-c3ccc(=O)n(C)c3)nc(Oc3c(C)cccc3F)n2)cc1. The summed E-state index contributed by atoms with van der Waals surface area (Å²) in [5, 5.41) is 3.37. The van der Waals surface area contributed by atoms with Crippen molar-refractivity contribution in [2.75, 3.05) is 11.9 Å². The van der Waals surface area contributed by atoms with Crippen LogP contribution in [-0.2, 0) is 7.05 Å². The molecule has 0 saturated carbocycles. The number of aryl methyl sites for hydroxylation is 2. The maximum Gasteiger partial charge on any atom is 0.324 e. The molecular weight excluding hydrogens is 447 g/mol. The molecular formula is C27H27FN4O3. The topological polar surface area (TPSA) is 78.3 Å². The zero-order chi connectivity index (χ0) is 24.9. The highest BCUT2D eigenvalue weighted by Gasteiger charge is 2.15. The van der Waals surface area contributed by atoms with Crippen molar-refractivity contribution in [1.82, 2.24) is 14.5 Å². The highest BCUT2D eigenvalue weighted by Crippen LogP contribution is 2.30. The molecule has 0 bridgehead atoms. The first-order chi connectivity index (χ1) is 16.8. The van der Waals surface area contributed by atoms with E-state index in [9.17, 15) is 9.18 Å². The molecule has 180 valence electrons. The molecule has 0 aliphatic heterocycles. The van der Waals surface area contributed by atoms with Crippen LogP contribution in [0.25, 0.3) is 11.3 Å². The number of hydrogen-bond donors (Lipinski definition) is 1. The van der Waals surface area contributed by atoms with Gasteiger partial charge in [-0.2, -0.15) is 9.97 Å². The number of nitrogens with one attached hydrogen (secondary N) is 1. The summed E-state index contributed by atoms with van der Waals surface area (Å²) in [7, 11) is 1.67. The summed E-state index contributed by atoms with van der Waals surface area (Å²) in [5.41, 5.74) is 2.74. The molecule has 2 aromatic heterocycles. The van der Waals surface area contributed by atoms with Gasteiger partial charge in [-0.25, -0.2) is 4.39 Å². The molecule has 8 heteroatoms. The third-order valence-corrected chi connectivity index (χ3v) is 5.50. The lowest BCUT2D eigenvalue weighted by Crippen LogP contribution is -2.14. The Morgan fingerprint density at radius 3 is 2.54 bits per heavy atom. The fourth-order valence-electron chi connectivity index (χ4n) is 3.60. The minimum Gasteiger partial charge on any atom is -0.494 e. The lowest BCUT2D eigenvalue weighted by atomic mass is 10.1. The first kappa shape index (κ1) is 23.9. The van der Waals surface area contributed by atoms with Crippen LogP contribution in [0, 0.1) is 12.7 Å². The number of nitrogens with zero attached hydrogens (tertiary/aromatic N) is 3. The highest BCUT2D eigenvalue weighted by atomic mass is 19.1. The Morgan fingerprint density at radius 2 is 1.86 bits per heavy atom. The van der Waals surface area contributed by atoms with E-state index in [1.54, 1.807) is 44.4 Å². The van der Waals surface area contributed by atoms with Gasteiger partial charge >= 0.3 is 6.01 Å². The van der Waals surface area contributed by atoms with Crippen LogP contribution in [-0.4, -0.2) is 21.1 Å². The molecule has 35 heavy (non-hydrogen) atoms. The Hall–Kier alpha value is -4.20. The number of hydrogen-bond acceptors (Lipinski definition) is 6. The maximum absolute atomic E-state index is 14.4. The van der Waals surface area contributed by atoms with Crippen molar-refractivity contribution in [1.29, 1.82) is 0 Å². The number of benzene rings is 2. The summed E-state index contributed by atoms with van der Waals surface area (Å²) in [5.74, 6) is 0.863. The van der Waals surface area contributed by atoms with E-state index in [2.05, 4.69) is 15.3 Å². The Balaban J connectivity index is 1.70. The lowest BCUT2D eigenvalue weighted by molar-refractivity contribution is 0.340. The Morgan fingerprint density at radius 1 is 1.09 bits per heavy atom. The molecule has 0 amide bonds. The summed E-state index contributed by atoms with van der Waals surface area (Å²) in [4.78, 5) is 20.8. The summed E-state index contributed by atoms with van der Waals surface area (Å²) >= 11 is 0. The molecule has 0 aliphatic rings. The molecule has 1 unspecified atom stereocenters. The third kappa shape index (κ3) is 5.66. The summed E-state index contributed by atoms with van der Waals surface area (Å²) < 4.78 is 27.2. The molecule has 7 nitrogen and oxygen atoms in total. The van der Waals surface area contributed by atoms with Gasteiger partial charge in [0.2, 0.25) is 5.56 Å². The highest BCUT2D eigenvalue weighted by molar-refractivity contribution is 5.62. The van der Waals surface area contributed by atoms with Crippen molar-refractivity contribution in [3.05, 3.63) is 94.2 Å². The third-order valence-electron chi connectivity index (χ3n) is 5.50. The number of rotatable bonds is 8. The second kappa shape index (κ2) is 10.4. The minimum atomic E-state index is -0.502. The van der Waals surface area contributed by atoms with Crippen LogP contribution >= 0.6 is 0 Å². The summed E-state index contributed by atoms with van der Waals surface area (Å²) in [6.45, 7) is 6.30. The molecule has 2 aromatic carbocycles. The van der Waals surface area contributed by atoms with Crippen molar-refractivity contribution in [3.63, 3.8) is 0 Å². The Labute approximate surface area is 203 Å². The summed E-state index contributed by atoms with van der Waals surface area (Å²) in [6.07, 6.45) is 1.68. The van der Waals surface area contributed by atoms with Crippen molar-refractivity contribution < 1.29 is 13.9 Å². The molecule has 0 aliphatic carbocycles. The summed E-state index contributed by atoms with van der Waals surface area (Å²) in [6, 6.07) is 17.3. The number of para-hydroxylation sites is 1. The van der Waals surface area contributed by atoms with Crippen LogP contribution in [0.15, 0.2) is 71.7 Å². The normalized spacial score (nSPS) is 11.7. The predicted molar refractivity (Wildman–Crippen MR) is 134 cm³/mol. The van der Waals surface area contributed by atoms with Gasteiger partial charge < -0.3 is 19.4 Å². The van der Waals surface area contributed by atoms with Gasteiger partial charge in [-0.15, -0.1) is 0 Å². The number of ether oxygens (including phenoxy) is 2. The second-order valence-corrected chi connectivity index (χ2v) is 8.14. The van der Waals surface area contributed by atoms with Crippen molar-refractivity contribution in [2.24, 2.45) is 7.05 Å². The van der Waals surface area contributed by atoms with Gasteiger partial charge in [-0.3, -0.25) is 4.79 Å². The lowest BCUT2D eigenvalue weighted by Gasteiger charge is -2.17. The number of pyridine rings is 1. The molecule has 4 aromatic rings. The molecule has 1 atom stereocenters. The van der Waals surface area contributed by atoms with E-state index >= 15 is 0 Å². The second-order valence-electron chi connectivity index (χ2n) is 8.14. The van der Waals surface area contributed by atoms with E-state index < -0.39 is 5.82 Å². The fraction of sp³-hybridized carbons (Fsp3) is 0.222. The van der Waals surface area contributed by atoms with Gasteiger partial charge in [-0.05, 0) is 56.2 Å². The fourth-order valence-corrected chi connectivity index (χ4v) is 3.60. The average Bonchev–Trinajstić information content (AvgIpc) is 2.84. The largest absolute Gasteiger partial charge is 0.494 e. The first-order valence-electron chi connectivity index (χ1n) is 11.3. The van der Waals surface area contributed by atoms with Crippen LogP contribution in [0.2, 0.25) is 0 Å². The van der Waals surface area contributed by atoms with Gasteiger partial charge in [0.05, 0.1) is 12.3 Å². The van der Waals surface area contributed by atoms with E-state index in [0.29, 0.717) is 29.2 Å². The van der Waals surface area contributed by atoms with Crippen molar-refractivity contribution in [2.45, 2.75) is 26.8 Å². The smallest absolute Gasteiger partial charge is 0.324 e. The molecule has 4 rings (SSSR count). The first-order valence-corrected chi connectivity index (χ1v) is 11.3. The van der Waals surface area contributed by atoms with E-state index in [1.807, 2.05) is 38.1 Å². The molecule has 0 radical (unpaired) electrons. The predicted octanol–water partition coefficient (Wildman–Crippen LogP) is 5.65. The Kier molecular flexibility index (Phi) is 7.10. The van der Waals surface area contributed by atoms with Crippen LogP contribution in [0.4, 0.5) is 10.2 Å². The van der Waals surface area contributed by atoms with E-state index in [1.165, 1.54) is 16.7 Å². The van der Waals surface area contributed by atoms with E-state index in [4.69, 9.17) is 9.47 Å². The van der Waals surface area contributed by atoms with Gasteiger partial charge in [-0.1, -0.05) is 24.3 Å². The van der Waals surface area contributed by atoms with Crippen LogP contribution in [0.5, 0.6) is 17.5 Å². The van der Waals surface area contributed by atoms with Gasteiger partial charge in [0.1, 0.15) is 11.6 Å². The van der Waals surface area contributed by atoms with Crippen molar-refractivity contribution >= 4 is 5.82 Å². The number of halogens is 1. The standard InChI is InChI=1S/C27H27FN4O3/c1-5-34-21-12-9-19(10-13-21)18(3)29-24-15-23(20-11-14-25(33)32(4)16-20)30-27(31-24)35-26-17(2)7-6-8-22(26)28/h6-16,18H,5H2,1-4H3,(H,29,30,31). The van der Waals surface area contributed by atoms with Gasteiger partial charge in [0, 0.05) is 37.0 Å². The van der Waals surface area contributed by atoms with Gasteiger partial charge in [0.15, 0.2) is 11.6 Å². The van der Waals surface area contributed by atoms with Crippen LogP contribution in [0.3, 0.4) is 0 Å². The quantitative estimate of drug-likeness (QED) is 0.355. The zero-order valence-corrected chi connectivity index (χ0v) is 20.1. The van der Waals surface area contributed by atoms with E-state index in [-0.39, 0.29) is 23.4 Å². The molecule has 0 saturated heterocycles. The van der Waals surface area contributed by atoms with Crippen LogP contribution < -0.4 is 20.3 Å². The number of anilines is 1. The zero-order valence-electron chi connectivity index (χ0n) is 20.1. The molecule has 0 fully saturated rings. The molecule has 2 heterocycles. The number of aromatic nitrogens is 3. The minimum absolute atomic E-state index is 0.00838. The average molecular weight is 475 g/mol. The van der Waals surface area contributed by atoms with Gasteiger partial charge in [0.25, 0.3) is 0 Å². The van der Waals surface area contributed by atoms with Crippen LogP contribution in [0.1, 0.15) is 31.0 Å². The molecule has 0 spiro atoms. The Bertz CT molecular complexity index is 1370. The molecule has 1 N–H and O–H groups in total. The van der Waals surface area contributed by atoms with E-state index in [0.717, 1.165) is 11.3 Å².